The number of alkyl halides is 3. The molecule has 0 bridgehead atoms. The molecule has 0 spiro atoms. The molecular formula is C18H11ClF3N3. The molecule has 2 aromatic heterocycles. The second-order valence-electron chi connectivity index (χ2n) is 5.60. The number of hydrogen-bond donors (Lipinski definition) is 0. The van der Waals surface area contributed by atoms with Gasteiger partial charge in [0.1, 0.15) is 5.69 Å². The van der Waals surface area contributed by atoms with Crippen molar-refractivity contribution in [1.82, 2.24) is 9.55 Å². The van der Waals surface area contributed by atoms with Gasteiger partial charge in [0.25, 0.3) is 0 Å². The zero-order valence-electron chi connectivity index (χ0n) is 12.8. The van der Waals surface area contributed by atoms with Crippen molar-refractivity contribution in [2.75, 3.05) is 0 Å². The van der Waals surface area contributed by atoms with Crippen molar-refractivity contribution < 1.29 is 13.2 Å². The van der Waals surface area contributed by atoms with E-state index in [9.17, 15) is 13.2 Å². The van der Waals surface area contributed by atoms with Gasteiger partial charge in [-0.2, -0.15) is 13.2 Å². The Kier molecular flexibility index (Phi) is 3.65. The highest BCUT2D eigenvalue weighted by Gasteiger charge is 2.32. The van der Waals surface area contributed by atoms with Crippen molar-refractivity contribution in [2.24, 2.45) is 4.99 Å². The largest absolute Gasteiger partial charge is 0.433 e. The van der Waals surface area contributed by atoms with Crippen LogP contribution in [-0.4, -0.2) is 15.3 Å². The van der Waals surface area contributed by atoms with E-state index in [1.54, 1.807) is 6.07 Å². The summed E-state index contributed by atoms with van der Waals surface area (Å²) in [6.45, 7) is 0.340. The predicted octanol–water partition coefficient (Wildman–Crippen LogP) is 4.90. The number of pyridine rings is 1. The molecule has 0 atom stereocenters. The third-order valence-electron chi connectivity index (χ3n) is 4.07. The van der Waals surface area contributed by atoms with E-state index < -0.39 is 11.9 Å². The molecule has 1 aliphatic rings. The van der Waals surface area contributed by atoms with Crippen LogP contribution >= 0.6 is 11.6 Å². The van der Waals surface area contributed by atoms with Crippen LogP contribution in [-0.2, 0) is 12.7 Å². The number of nitrogens with zero attached hydrogens (tertiary/aromatic N) is 3. The van der Waals surface area contributed by atoms with Gasteiger partial charge in [0, 0.05) is 28.5 Å². The molecule has 0 aliphatic carbocycles. The van der Waals surface area contributed by atoms with Gasteiger partial charge in [0.15, 0.2) is 0 Å². The molecule has 0 saturated carbocycles. The summed E-state index contributed by atoms with van der Waals surface area (Å²) in [5.74, 6) is 0. The van der Waals surface area contributed by atoms with Crippen LogP contribution in [0.2, 0.25) is 5.02 Å². The SMILES string of the molecule is FC(F)(F)c1ccc(C2=NCc3c(Cl)cccc3-n3cccc32)cn1. The van der Waals surface area contributed by atoms with E-state index in [4.69, 9.17) is 11.6 Å². The van der Waals surface area contributed by atoms with E-state index in [1.165, 1.54) is 12.3 Å². The first-order valence-corrected chi connectivity index (χ1v) is 7.86. The summed E-state index contributed by atoms with van der Waals surface area (Å²) in [7, 11) is 0. The van der Waals surface area contributed by atoms with E-state index in [2.05, 4.69) is 9.98 Å². The Hall–Kier alpha value is -2.60. The van der Waals surface area contributed by atoms with Crippen molar-refractivity contribution >= 4 is 17.3 Å². The van der Waals surface area contributed by atoms with Crippen molar-refractivity contribution in [1.29, 1.82) is 0 Å². The number of aliphatic imine (C=N–C) groups is 1. The third kappa shape index (κ3) is 2.72. The van der Waals surface area contributed by atoms with Gasteiger partial charge in [0.2, 0.25) is 0 Å². The standard InChI is InChI=1S/C18H11ClF3N3/c19-13-3-1-4-14-12(13)10-24-17(15-5-2-8-25(14)15)11-6-7-16(23-9-11)18(20,21)22/h1-9H,10H2. The van der Waals surface area contributed by atoms with Crippen LogP contribution in [0.5, 0.6) is 0 Å². The molecule has 126 valence electrons. The van der Waals surface area contributed by atoms with Crippen molar-refractivity contribution in [3.63, 3.8) is 0 Å². The number of rotatable bonds is 1. The minimum absolute atomic E-state index is 0.340. The summed E-state index contributed by atoms with van der Waals surface area (Å²) < 4.78 is 40.1. The summed E-state index contributed by atoms with van der Waals surface area (Å²) in [4.78, 5) is 8.13. The van der Waals surface area contributed by atoms with Crippen LogP contribution in [0.3, 0.4) is 0 Å². The molecule has 4 rings (SSSR count). The first-order valence-electron chi connectivity index (χ1n) is 7.49. The molecule has 1 aromatic carbocycles. The molecule has 25 heavy (non-hydrogen) atoms. The van der Waals surface area contributed by atoms with Gasteiger partial charge in [-0.15, -0.1) is 0 Å². The van der Waals surface area contributed by atoms with Gasteiger partial charge in [0.05, 0.1) is 23.6 Å². The molecule has 0 fully saturated rings. The topological polar surface area (TPSA) is 30.2 Å². The first kappa shape index (κ1) is 15.9. The maximum atomic E-state index is 12.7. The second kappa shape index (κ2) is 5.74. The predicted molar refractivity (Wildman–Crippen MR) is 89.4 cm³/mol. The molecule has 1 aliphatic heterocycles. The van der Waals surface area contributed by atoms with Crippen LogP contribution in [0.15, 0.2) is 59.9 Å². The average Bonchev–Trinajstić information content (AvgIpc) is 2.99. The fourth-order valence-electron chi connectivity index (χ4n) is 2.89. The molecule has 7 heteroatoms. The Balaban J connectivity index is 1.84. The Morgan fingerprint density at radius 2 is 1.88 bits per heavy atom. The molecule has 0 amide bonds. The lowest BCUT2D eigenvalue weighted by molar-refractivity contribution is -0.141. The highest BCUT2D eigenvalue weighted by molar-refractivity contribution is 6.31. The van der Waals surface area contributed by atoms with E-state index in [-0.39, 0.29) is 0 Å². The number of aromatic nitrogens is 2. The van der Waals surface area contributed by atoms with Crippen LogP contribution in [0, 0.1) is 0 Å². The van der Waals surface area contributed by atoms with Crippen molar-refractivity contribution in [3.05, 3.63) is 82.4 Å². The highest BCUT2D eigenvalue weighted by atomic mass is 35.5. The lowest BCUT2D eigenvalue weighted by Crippen LogP contribution is -2.11. The van der Waals surface area contributed by atoms with Crippen LogP contribution in [0.25, 0.3) is 5.69 Å². The van der Waals surface area contributed by atoms with Gasteiger partial charge in [-0.1, -0.05) is 17.7 Å². The number of halogens is 4. The molecule has 0 saturated heterocycles. The van der Waals surface area contributed by atoms with E-state index >= 15 is 0 Å². The normalized spacial score (nSPS) is 13.7. The Bertz CT molecular complexity index is 972. The average molecular weight is 362 g/mol. The number of hydrogen-bond acceptors (Lipinski definition) is 2. The molecule has 3 heterocycles. The number of benzene rings is 1. The zero-order chi connectivity index (χ0) is 17.6. The first-order chi connectivity index (χ1) is 11.9. The zero-order valence-corrected chi connectivity index (χ0v) is 13.5. The maximum absolute atomic E-state index is 12.7. The molecule has 3 nitrogen and oxygen atoms in total. The highest BCUT2D eigenvalue weighted by Crippen LogP contribution is 2.31. The quantitative estimate of drug-likeness (QED) is 0.606. The summed E-state index contributed by atoms with van der Waals surface area (Å²) in [5, 5.41) is 0.604. The molecule has 0 radical (unpaired) electrons. The van der Waals surface area contributed by atoms with Gasteiger partial charge in [-0.3, -0.25) is 9.98 Å². The smallest absolute Gasteiger partial charge is 0.315 e. The van der Waals surface area contributed by atoms with Gasteiger partial charge in [-0.25, -0.2) is 0 Å². The summed E-state index contributed by atoms with van der Waals surface area (Å²) >= 11 is 6.29. The number of fused-ring (bicyclic) bond motifs is 3. The van der Waals surface area contributed by atoms with Crippen LogP contribution in [0.4, 0.5) is 13.2 Å². The van der Waals surface area contributed by atoms with E-state index in [0.717, 1.165) is 23.0 Å². The van der Waals surface area contributed by atoms with Gasteiger partial charge < -0.3 is 4.57 Å². The summed E-state index contributed by atoms with van der Waals surface area (Å²) in [6, 6.07) is 11.7. The van der Waals surface area contributed by atoms with Crippen LogP contribution < -0.4 is 0 Å². The van der Waals surface area contributed by atoms with Crippen molar-refractivity contribution in [3.8, 4) is 5.69 Å². The third-order valence-corrected chi connectivity index (χ3v) is 4.42. The molecular weight excluding hydrogens is 351 g/mol. The fourth-order valence-corrected chi connectivity index (χ4v) is 3.12. The molecule has 3 aromatic rings. The summed E-state index contributed by atoms with van der Waals surface area (Å²) in [6.07, 6.45) is -1.38. The Morgan fingerprint density at radius 3 is 2.60 bits per heavy atom. The summed E-state index contributed by atoms with van der Waals surface area (Å²) in [5.41, 5.74) is 2.74. The molecule has 0 N–H and O–H groups in total. The Morgan fingerprint density at radius 1 is 1.04 bits per heavy atom. The minimum Gasteiger partial charge on any atom is -0.315 e. The Labute approximate surface area is 146 Å². The second-order valence-corrected chi connectivity index (χ2v) is 6.00. The monoisotopic (exact) mass is 361 g/mol. The molecule has 0 unspecified atom stereocenters. The van der Waals surface area contributed by atoms with Gasteiger partial charge in [-0.05, 0) is 36.4 Å². The minimum atomic E-state index is -4.46. The maximum Gasteiger partial charge on any atom is 0.433 e. The lowest BCUT2D eigenvalue weighted by Gasteiger charge is -2.12. The van der Waals surface area contributed by atoms with Crippen LogP contribution in [0.1, 0.15) is 22.5 Å². The fraction of sp³-hybridized carbons (Fsp3) is 0.111. The van der Waals surface area contributed by atoms with Crippen molar-refractivity contribution in [2.45, 2.75) is 12.7 Å². The van der Waals surface area contributed by atoms with E-state index in [1.807, 2.05) is 35.0 Å². The van der Waals surface area contributed by atoms with Gasteiger partial charge >= 0.3 is 6.18 Å². The van der Waals surface area contributed by atoms with E-state index in [0.29, 0.717) is 22.8 Å². The lowest BCUT2D eigenvalue weighted by atomic mass is 10.1.